The van der Waals surface area contributed by atoms with Crippen LogP contribution in [0.3, 0.4) is 0 Å². The number of likely N-dealkylation sites (tertiary alicyclic amines) is 1. The number of guanidine groups is 1. The number of rotatable bonds is 9. The molecule has 33 heavy (non-hydrogen) atoms. The first-order valence-corrected chi connectivity index (χ1v) is 11.7. The summed E-state index contributed by atoms with van der Waals surface area (Å²) in [5.74, 6) is 2.80. The maximum Gasteiger partial charge on any atom is 0.203 e. The van der Waals surface area contributed by atoms with Gasteiger partial charge in [-0.3, -0.25) is 0 Å². The molecule has 0 saturated carbocycles. The molecule has 2 aliphatic rings. The van der Waals surface area contributed by atoms with Gasteiger partial charge in [-0.25, -0.2) is 4.99 Å². The highest BCUT2D eigenvalue weighted by Crippen LogP contribution is 2.38. The predicted octanol–water partition coefficient (Wildman–Crippen LogP) is 3.85. The molecular formula is C24H40IN3O5. The number of halogens is 1. The van der Waals surface area contributed by atoms with E-state index in [1.165, 1.54) is 12.8 Å². The summed E-state index contributed by atoms with van der Waals surface area (Å²) in [6.45, 7) is 6.89. The van der Waals surface area contributed by atoms with E-state index in [2.05, 4.69) is 17.1 Å². The molecule has 0 radical (unpaired) electrons. The van der Waals surface area contributed by atoms with Crippen LogP contribution in [-0.4, -0.2) is 77.2 Å². The van der Waals surface area contributed by atoms with Crippen molar-refractivity contribution < 1.29 is 23.7 Å². The van der Waals surface area contributed by atoms with Gasteiger partial charge in [0.2, 0.25) is 5.75 Å². The number of piperidine rings is 1. The minimum absolute atomic E-state index is 0. The van der Waals surface area contributed by atoms with Gasteiger partial charge in [0, 0.05) is 26.2 Å². The van der Waals surface area contributed by atoms with Crippen LogP contribution in [0.5, 0.6) is 17.2 Å². The third kappa shape index (κ3) is 8.06. The molecule has 2 aliphatic heterocycles. The van der Waals surface area contributed by atoms with E-state index in [0.717, 1.165) is 63.6 Å². The predicted molar refractivity (Wildman–Crippen MR) is 140 cm³/mol. The molecular weight excluding hydrogens is 537 g/mol. The Morgan fingerprint density at radius 2 is 1.76 bits per heavy atom. The van der Waals surface area contributed by atoms with Crippen LogP contribution >= 0.6 is 24.0 Å². The van der Waals surface area contributed by atoms with Gasteiger partial charge in [0.25, 0.3) is 0 Å². The summed E-state index contributed by atoms with van der Waals surface area (Å²) >= 11 is 0. The molecule has 2 fully saturated rings. The van der Waals surface area contributed by atoms with Crippen molar-refractivity contribution in [3.05, 3.63) is 17.7 Å². The zero-order valence-corrected chi connectivity index (χ0v) is 22.8. The molecule has 0 aliphatic carbocycles. The van der Waals surface area contributed by atoms with Crippen molar-refractivity contribution in [3.8, 4) is 17.2 Å². The van der Waals surface area contributed by atoms with E-state index in [0.29, 0.717) is 29.9 Å². The fraction of sp³-hybridized carbons (Fsp3) is 0.708. The van der Waals surface area contributed by atoms with Gasteiger partial charge in [-0.2, -0.15) is 0 Å². The Hall–Kier alpha value is -1.46. The normalized spacial score (nSPS) is 19.6. The summed E-state index contributed by atoms with van der Waals surface area (Å²) in [7, 11) is 4.86. The molecule has 0 spiro atoms. The number of methoxy groups -OCH3 is 3. The van der Waals surface area contributed by atoms with Crippen molar-refractivity contribution in [1.29, 1.82) is 0 Å². The molecule has 1 atom stereocenters. The van der Waals surface area contributed by atoms with E-state index in [-0.39, 0.29) is 30.1 Å². The Kier molecular flexibility index (Phi) is 12.4. The molecule has 1 aromatic carbocycles. The molecule has 3 rings (SSSR count). The summed E-state index contributed by atoms with van der Waals surface area (Å²) in [5, 5.41) is 3.43. The maximum atomic E-state index is 6.16. The monoisotopic (exact) mass is 577 g/mol. The Morgan fingerprint density at radius 1 is 1.06 bits per heavy atom. The lowest BCUT2D eigenvalue weighted by molar-refractivity contribution is -0.0721. The molecule has 1 N–H and O–H groups in total. The zero-order chi connectivity index (χ0) is 22.8. The Bertz CT molecular complexity index is 710. The maximum absolute atomic E-state index is 6.16. The first-order chi connectivity index (χ1) is 15.7. The molecule has 1 aromatic rings. The first-order valence-electron chi connectivity index (χ1n) is 11.7. The topological polar surface area (TPSA) is 73.8 Å². The summed E-state index contributed by atoms with van der Waals surface area (Å²) in [6, 6.07) is 3.89. The van der Waals surface area contributed by atoms with Crippen LogP contribution in [0.15, 0.2) is 17.1 Å². The van der Waals surface area contributed by atoms with Crippen LogP contribution in [0.1, 0.15) is 44.6 Å². The first kappa shape index (κ1) is 27.8. The van der Waals surface area contributed by atoms with Crippen molar-refractivity contribution in [1.82, 2.24) is 10.2 Å². The fourth-order valence-corrected chi connectivity index (χ4v) is 4.24. The van der Waals surface area contributed by atoms with Gasteiger partial charge in [-0.05, 0) is 56.7 Å². The summed E-state index contributed by atoms with van der Waals surface area (Å²) in [5.41, 5.74) is 1.00. The van der Waals surface area contributed by atoms with Crippen LogP contribution in [-0.2, 0) is 16.0 Å². The molecule has 8 nitrogen and oxygen atoms in total. The highest BCUT2D eigenvalue weighted by atomic mass is 127. The zero-order valence-electron chi connectivity index (χ0n) is 20.4. The number of hydrogen-bond donors (Lipinski definition) is 1. The second-order valence-electron chi connectivity index (χ2n) is 8.21. The SMILES string of the molecule is CCNC(=NCc1cc(OC)c(OC)c(OC)c1)N1CCC(OCC2CCCCO2)CC1.I. The molecule has 188 valence electrons. The molecule has 1 unspecified atom stereocenters. The van der Waals surface area contributed by atoms with Crippen molar-refractivity contribution in [2.24, 2.45) is 4.99 Å². The van der Waals surface area contributed by atoms with Crippen LogP contribution in [0.25, 0.3) is 0 Å². The van der Waals surface area contributed by atoms with Crippen LogP contribution in [0, 0.1) is 0 Å². The summed E-state index contributed by atoms with van der Waals surface area (Å²) < 4.78 is 28.3. The van der Waals surface area contributed by atoms with Gasteiger partial charge in [0.05, 0.1) is 46.7 Å². The third-order valence-electron chi connectivity index (χ3n) is 6.00. The standard InChI is InChI=1S/C24H39N3O5.HI/c1-5-25-24(26-16-18-14-21(28-2)23(30-4)22(15-18)29-3)27-11-9-19(10-12-27)32-17-20-8-6-7-13-31-20;/h14-15,19-20H,5-13,16-17H2,1-4H3,(H,25,26);1H. The average molecular weight is 578 g/mol. The Morgan fingerprint density at radius 3 is 2.30 bits per heavy atom. The Labute approximate surface area is 215 Å². The van der Waals surface area contributed by atoms with Crippen molar-refractivity contribution in [3.63, 3.8) is 0 Å². The van der Waals surface area contributed by atoms with Gasteiger partial charge in [-0.15, -0.1) is 24.0 Å². The minimum atomic E-state index is 0. The van der Waals surface area contributed by atoms with Gasteiger partial charge in [-0.1, -0.05) is 0 Å². The van der Waals surface area contributed by atoms with E-state index in [1.54, 1.807) is 21.3 Å². The summed E-state index contributed by atoms with van der Waals surface area (Å²) in [6.07, 6.45) is 6.13. The van der Waals surface area contributed by atoms with Crippen LogP contribution < -0.4 is 19.5 Å². The van der Waals surface area contributed by atoms with Crippen molar-refractivity contribution in [2.45, 2.75) is 57.8 Å². The van der Waals surface area contributed by atoms with E-state index in [4.69, 9.17) is 28.7 Å². The molecule has 2 heterocycles. The smallest absolute Gasteiger partial charge is 0.203 e. The number of nitrogens with zero attached hydrogens (tertiary/aromatic N) is 2. The number of hydrogen-bond acceptors (Lipinski definition) is 6. The van der Waals surface area contributed by atoms with E-state index in [1.807, 2.05) is 12.1 Å². The number of aliphatic imine (C=N–C) groups is 1. The highest BCUT2D eigenvalue weighted by Gasteiger charge is 2.24. The lowest BCUT2D eigenvalue weighted by Gasteiger charge is -2.35. The largest absolute Gasteiger partial charge is 0.493 e. The lowest BCUT2D eigenvalue weighted by Crippen LogP contribution is -2.47. The van der Waals surface area contributed by atoms with E-state index < -0.39 is 0 Å². The van der Waals surface area contributed by atoms with Crippen molar-refractivity contribution in [2.75, 3.05) is 54.2 Å². The average Bonchev–Trinajstić information content (AvgIpc) is 2.85. The third-order valence-corrected chi connectivity index (χ3v) is 6.00. The lowest BCUT2D eigenvalue weighted by atomic mass is 10.1. The Balaban J connectivity index is 0.00000385. The number of nitrogens with one attached hydrogen (secondary N) is 1. The van der Waals surface area contributed by atoms with Crippen molar-refractivity contribution >= 4 is 29.9 Å². The second-order valence-corrected chi connectivity index (χ2v) is 8.21. The molecule has 0 aromatic heterocycles. The van der Waals surface area contributed by atoms with E-state index in [9.17, 15) is 0 Å². The molecule has 9 heteroatoms. The van der Waals surface area contributed by atoms with Gasteiger partial charge in [0.15, 0.2) is 17.5 Å². The quantitative estimate of drug-likeness (QED) is 0.272. The van der Waals surface area contributed by atoms with Crippen LogP contribution in [0.4, 0.5) is 0 Å². The number of benzene rings is 1. The van der Waals surface area contributed by atoms with Gasteiger partial charge >= 0.3 is 0 Å². The second kappa shape index (κ2) is 14.7. The summed E-state index contributed by atoms with van der Waals surface area (Å²) in [4.78, 5) is 7.19. The molecule has 0 amide bonds. The highest BCUT2D eigenvalue weighted by molar-refractivity contribution is 14.0. The minimum Gasteiger partial charge on any atom is -0.493 e. The molecule has 0 bridgehead atoms. The molecule has 2 saturated heterocycles. The van der Waals surface area contributed by atoms with Gasteiger partial charge < -0.3 is 33.9 Å². The fourth-order valence-electron chi connectivity index (χ4n) is 4.24. The van der Waals surface area contributed by atoms with Gasteiger partial charge in [0.1, 0.15) is 0 Å². The number of ether oxygens (including phenoxy) is 5. The van der Waals surface area contributed by atoms with Crippen LogP contribution in [0.2, 0.25) is 0 Å². The van der Waals surface area contributed by atoms with E-state index >= 15 is 0 Å².